The van der Waals surface area contributed by atoms with Crippen molar-refractivity contribution in [1.29, 1.82) is 0 Å². The molecule has 12 heavy (non-hydrogen) atoms. The van der Waals surface area contributed by atoms with E-state index in [1.54, 1.807) is 6.26 Å². The van der Waals surface area contributed by atoms with Gasteiger partial charge in [-0.25, -0.2) is 5.11 Å². The van der Waals surface area contributed by atoms with E-state index in [9.17, 15) is 5.11 Å². The van der Waals surface area contributed by atoms with Crippen molar-refractivity contribution in [3.05, 3.63) is 24.5 Å². The highest BCUT2D eigenvalue weighted by atomic mass is 16.5. The van der Waals surface area contributed by atoms with Crippen LogP contribution in [-0.2, 0) is 9.84 Å². The van der Waals surface area contributed by atoms with E-state index in [4.69, 9.17) is 4.74 Å². The molecule has 2 nitrogen and oxygen atoms in total. The van der Waals surface area contributed by atoms with E-state index < -0.39 is 0 Å². The van der Waals surface area contributed by atoms with E-state index in [2.05, 4.69) is 6.08 Å². The fourth-order valence-corrected chi connectivity index (χ4v) is 0.708. The minimum atomic E-state index is 0.00289. The lowest BCUT2D eigenvalue weighted by atomic mass is 10.3. The maximum absolute atomic E-state index is 10.0. The summed E-state index contributed by atoms with van der Waals surface area (Å²) in [6.45, 7) is 2.71. The number of hydrogen-bond acceptors (Lipinski definition) is 1. The molecule has 0 aliphatic rings. The Labute approximate surface area is 74.6 Å². The molecule has 0 N–H and O–H groups in total. The van der Waals surface area contributed by atoms with Gasteiger partial charge in [-0.05, 0) is 32.3 Å². The minimum absolute atomic E-state index is 0.00289. The smallest absolute Gasteiger partial charge is 0.0907 e. The second kappa shape index (κ2) is 10.2. The average Bonchev–Trinajstić information content (AvgIpc) is 2.10. The lowest BCUT2D eigenvalue weighted by Gasteiger charge is -1.95. The van der Waals surface area contributed by atoms with Gasteiger partial charge in [0.2, 0.25) is 0 Å². The molecule has 0 unspecified atom stereocenters. The molecular weight excluding hydrogens is 152 g/mol. The van der Waals surface area contributed by atoms with Crippen LogP contribution < -0.4 is 0 Å². The molecule has 0 rings (SSSR count). The first-order valence-electron chi connectivity index (χ1n) is 4.37. The maximum Gasteiger partial charge on any atom is 0.0907 e. The van der Waals surface area contributed by atoms with Crippen molar-refractivity contribution in [1.82, 2.24) is 0 Å². The van der Waals surface area contributed by atoms with Crippen molar-refractivity contribution < 1.29 is 9.84 Å². The van der Waals surface area contributed by atoms with E-state index in [1.807, 2.05) is 19.1 Å². The number of hydrogen-bond donors (Lipinski definition) is 0. The monoisotopic (exact) mass is 169 g/mol. The molecule has 2 heteroatoms. The maximum atomic E-state index is 10.0. The first-order chi connectivity index (χ1) is 5.91. The summed E-state index contributed by atoms with van der Waals surface area (Å²) in [5.41, 5.74) is 0. The predicted molar refractivity (Wildman–Crippen MR) is 49.3 cm³/mol. The highest BCUT2D eigenvalue weighted by molar-refractivity contribution is 4.77. The summed E-state index contributed by atoms with van der Waals surface area (Å²) in [4.78, 5) is 0. The van der Waals surface area contributed by atoms with Gasteiger partial charge < -0.3 is 4.74 Å². The van der Waals surface area contributed by atoms with Crippen molar-refractivity contribution in [2.75, 3.05) is 13.2 Å². The molecule has 0 aromatic rings. The SMILES string of the molecule is CC=CCCOC=CCCC[O]. The Bertz CT molecular complexity index is 128. The fourth-order valence-electron chi connectivity index (χ4n) is 0.708. The Morgan fingerprint density at radius 2 is 2.08 bits per heavy atom. The van der Waals surface area contributed by atoms with Gasteiger partial charge in [0.05, 0.1) is 19.5 Å². The van der Waals surface area contributed by atoms with Gasteiger partial charge in [-0.3, -0.25) is 0 Å². The van der Waals surface area contributed by atoms with Crippen LogP contribution in [0.25, 0.3) is 0 Å². The Balaban J connectivity index is 3.02. The quantitative estimate of drug-likeness (QED) is 0.327. The Hall–Kier alpha value is -0.760. The minimum Gasteiger partial charge on any atom is -0.501 e. The topological polar surface area (TPSA) is 29.1 Å². The highest BCUT2D eigenvalue weighted by Crippen LogP contribution is 1.91. The average molecular weight is 169 g/mol. The summed E-state index contributed by atoms with van der Waals surface area (Å²) in [5.74, 6) is 0. The molecule has 0 saturated carbocycles. The first-order valence-corrected chi connectivity index (χ1v) is 4.37. The van der Waals surface area contributed by atoms with Crippen molar-refractivity contribution in [2.24, 2.45) is 0 Å². The molecule has 0 aromatic heterocycles. The van der Waals surface area contributed by atoms with Crippen LogP contribution in [0.15, 0.2) is 24.5 Å². The van der Waals surface area contributed by atoms with E-state index in [-0.39, 0.29) is 6.61 Å². The normalized spacial score (nSPS) is 11.5. The summed E-state index contributed by atoms with van der Waals surface area (Å²) < 4.78 is 5.15. The molecule has 0 amide bonds. The summed E-state index contributed by atoms with van der Waals surface area (Å²) >= 11 is 0. The van der Waals surface area contributed by atoms with E-state index in [0.29, 0.717) is 6.42 Å². The van der Waals surface area contributed by atoms with Crippen LogP contribution in [0.5, 0.6) is 0 Å². The number of allylic oxidation sites excluding steroid dienone is 2. The Morgan fingerprint density at radius 1 is 1.25 bits per heavy atom. The predicted octanol–water partition coefficient (Wildman–Crippen LogP) is 2.69. The molecule has 0 spiro atoms. The van der Waals surface area contributed by atoms with E-state index >= 15 is 0 Å². The van der Waals surface area contributed by atoms with Crippen molar-refractivity contribution in [3.63, 3.8) is 0 Å². The van der Waals surface area contributed by atoms with Gasteiger partial charge >= 0.3 is 0 Å². The molecule has 0 saturated heterocycles. The third kappa shape index (κ3) is 9.24. The third-order valence-electron chi connectivity index (χ3n) is 1.35. The molecule has 0 aliphatic carbocycles. The number of unbranched alkanes of at least 4 members (excludes halogenated alkanes) is 1. The lowest BCUT2D eigenvalue weighted by Crippen LogP contribution is -1.84. The van der Waals surface area contributed by atoms with Gasteiger partial charge in [0.25, 0.3) is 0 Å². The second-order valence-electron chi connectivity index (χ2n) is 2.45. The van der Waals surface area contributed by atoms with Crippen LogP contribution >= 0.6 is 0 Å². The zero-order chi connectivity index (χ0) is 9.07. The summed E-state index contributed by atoms with van der Waals surface area (Å²) in [6, 6.07) is 0. The van der Waals surface area contributed by atoms with Gasteiger partial charge in [-0.1, -0.05) is 12.2 Å². The van der Waals surface area contributed by atoms with Crippen LogP contribution in [0.3, 0.4) is 0 Å². The van der Waals surface area contributed by atoms with Gasteiger partial charge in [-0.2, -0.15) is 0 Å². The lowest BCUT2D eigenvalue weighted by molar-refractivity contribution is 0.189. The largest absolute Gasteiger partial charge is 0.501 e. The second-order valence-corrected chi connectivity index (χ2v) is 2.45. The van der Waals surface area contributed by atoms with E-state index in [1.165, 1.54) is 0 Å². The molecule has 0 aliphatic heterocycles. The van der Waals surface area contributed by atoms with E-state index in [0.717, 1.165) is 19.4 Å². The first kappa shape index (κ1) is 11.2. The van der Waals surface area contributed by atoms with Crippen LogP contribution in [0.4, 0.5) is 0 Å². The summed E-state index contributed by atoms with van der Waals surface area (Å²) in [5, 5.41) is 10.0. The third-order valence-corrected chi connectivity index (χ3v) is 1.35. The molecule has 69 valence electrons. The summed E-state index contributed by atoms with van der Waals surface area (Å²) in [7, 11) is 0. The molecule has 0 aromatic carbocycles. The van der Waals surface area contributed by atoms with Crippen LogP contribution in [0, 0.1) is 0 Å². The van der Waals surface area contributed by atoms with Crippen molar-refractivity contribution >= 4 is 0 Å². The van der Waals surface area contributed by atoms with Gasteiger partial charge in [-0.15, -0.1) is 0 Å². The fraction of sp³-hybridized carbons (Fsp3) is 0.600. The Morgan fingerprint density at radius 3 is 2.75 bits per heavy atom. The molecule has 0 fully saturated rings. The highest BCUT2D eigenvalue weighted by Gasteiger charge is 1.80. The van der Waals surface area contributed by atoms with Gasteiger partial charge in [0.15, 0.2) is 0 Å². The molecular formula is C10H17O2. The molecule has 0 heterocycles. The van der Waals surface area contributed by atoms with Crippen LogP contribution in [0.2, 0.25) is 0 Å². The Kier molecular flexibility index (Phi) is 9.59. The van der Waals surface area contributed by atoms with Crippen LogP contribution in [0.1, 0.15) is 26.2 Å². The van der Waals surface area contributed by atoms with Gasteiger partial charge in [0, 0.05) is 0 Å². The summed E-state index contributed by atoms with van der Waals surface area (Å²) in [6.07, 6.45) is 10.1. The standard InChI is InChI=1S/C10H17O2/c1-2-3-6-9-12-10-7-4-5-8-11/h2-3,7,10H,4-6,8-9H2,1H3. The van der Waals surface area contributed by atoms with Crippen molar-refractivity contribution in [3.8, 4) is 0 Å². The zero-order valence-electron chi connectivity index (χ0n) is 7.66. The molecule has 1 radical (unpaired) electrons. The number of ether oxygens (including phenoxy) is 1. The molecule has 0 bridgehead atoms. The van der Waals surface area contributed by atoms with Crippen molar-refractivity contribution in [2.45, 2.75) is 26.2 Å². The van der Waals surface area contributed by atoms with Crippen LogP contribution in [-0.4, -0.2) is 13.2 Å². The molecule has 0 atom stereocenters. The van der Waals surface area contributed by atoms with Gasteiger partial charge in [0.1, 0.15) is 0 Å². The number of rotatable bonds is 7. The zero-order valence-corrected chi connectivity index (χ0v) is 7.66.